The molecule has 48 heavy (non-hydrogen) atoms. The van der Waals surface area contributed by atoms with E-state index in [0.29, 0.717) is 0 Å². The summed E-state index contributed by atoms with van der Waals surface area (Å²) in [5.74, 6) is 0. The van der Waals surface area contributed by atoms with Gasteiger partial charge in [0.2, 0.25) is 0 Å². The molecule has 0 fully saturated rings. The SMILES string of the molecule is Cc1ccc(N(c2ccccc2)c2ccc(C=Nc3ccc(C4(c5ccc(N)cc5)c5ccccc5-c5ccccc54)cc3)cc2)cc1. The molecule has 0 aromatic heterocycles. The zero-order chi connectivity index (χ0) is 32.5. The zero-order valence-corrected chi connectivity index (χ0v) is 26.8. The first-order valence-electron chi connectivity index (χ1n) is 16.3. The highest BCUT2D eigenvalue weighted by atomic mass is 15.1. The van der Waals surface area contributed by atoms with Gasteiger partial charge in [0.25, 0.3) is 0 Å². The van der Waals surface area contributed by atoms with Crippen molar-refractivity contribution in [3.63, 3.8) is 0 Å². The lowest BCUT2D eigenvalue weighted by Gasteiger charge is -2.34. The number of aliphatic imine (C=N–C) groups is 1. The minimum absolute atomic E-state index is 0.457. The third-order valence-electron chi connectivity index (χ3n) is 9.42. The predicted octanol–water partition coefficient (Wildman–Crippen LogP) is 11.2. The number of nitrogen functional groups attached to an aromatic ring is 1. The molecule has 0 spiro atoms. The molecule has 2 N–H and O–H groups in total. The Bertz CT molecular complexity index is 2170. The second-order valence-electron chi connectivity index (χ2n) is 12.4. The lowest BCUT2D eigenvalue weighted by Crippen LogP contribution is -2.28. The van der Waals surface area contributed by atoms with Gasteiger partial charge < -0.3 is 10.6 Å². The van der Waals surface area contributed by atoms with Gasteiger partial charge in [-0.2, -0.15) is 0 Å². The predicted molar refractivity (Wildman–Crippen MR) is 201 cm³/mol. The lowest BCUT2D eigenvalue weighted by molar-refractivity contribution is 0.769. The standard InChI is InChI=1S/C45H35N3/c1-32-15-27-39(28-16-32)48(38-9-3-2-4-10-38)40-29-17-33(18-30-40)31-47-37-25-21-35(22-26-37)45(34-19-23-36(46)24-20-34)43-13-7-5-11-41(43)42-12-6-8-14-44(42)45/h2-31H,46H2,1H3. The van der Waals surface area contributed by atoms with Crippen LogP contribution in [0.3, 0.4) is 0 Å². The van der Waals surface area contributed by atoms with Gasteiger partial charge in [0.15, 0.2) is 0 Å². The van der Waals surface area contributed by atoms with E-state index in [9.17, 15) is 0 Å². The van der Waals surface area contributed by atoms with E-state index in [0.717, 1.165) is 34.0 Å². The third kappa shape index (κ3) is 5.06. The fourth-order valence-electron chi connectivity index (χ4n) is 7.13. The number of fused-ring (bicyclic) bond motifs is 3. The van der Waals surface area contributed by atoms with E-state index in [1.165, 1.54) is 38.9 Å². The van der Waals surface area contributed by atoms with Gasteiger partial charge in [-0.25, -0.2) is 0 Å². The van der Waals surface area contributed by atoms with Crippen molar-refractivity contribution < 1.29 is 0 Å². The lowest BCUT2D eigenvalue weighted by atomic mass is 9.67. The first kappa shape index (κ1) is 29.2. The van der Waals surface area contributed by atoms with E-state index >= 15 is 0 Å². The van der Waals surface area contributed by atoms with Crippen LogP contribution in [0.2, 0.25) is 0 Å². The first-order chi connectivity index (χ1) is 23.6. The summed E-state index contributed by atoms with van der Waals surface area (Å²) in [5.41, 5.74) is 20.5. The highest BCUT2D eigenvalue weighted by Gasteiger charge is 2.45. The van der Waals surface area contributed by atoms with E-state index in [4.69, 9.17) is 10.7 Å². The van der Waals surface area contributed by atoms with Crippen molar-refractivity contribution in [2.45, 2.75) is 12.3 Å². The van der Waals surface area contributed by atoms with Crippen LogP contribution in [0.1, 0.15) is 33.4 Å². The molecule has 0 unspecified atom stereocenters. The minimum atomic E-state index is -0.457. The Hall–Kier alpha value is -6.19. The second-order valence-corrected chi connectivity index (χ2v) is 12.4. The maximum Gasteiger partial charge on any atom is 0.0713 e. The molecule has 7 aromatic rings. The van der Waals surface area contributed by atoms with Gasteiger partial charge in [-0.3, -0.25) is 4.99 Å². The van der Waals surface area contributed by atoms with Crippen molar-refractivity contribution in [1.29, 1.82) is 0 Å². The molecule has 1 aliphatic carbocycles. The van der Waals surface area contributed by atoms with E-state index in [1.807, 2.05) is 24.4 Å². The molecule has 230 valence electrons. The molecule has 8 rings (SSSR count). The number of anilines is 4. The van der Waals surface area contributed by atoms with Gasteiger partial charge in [-0.15, -0.1) is 0 Å². The van der Waals surface area contributed by atoms with Gasteiger partial charge in [0, 0.05) is 29.0 Å². The van der Waals surface area contributed by atoms with Gasteiger partial charge in [-0.05, 0) is 107 Å². The van der Waals surface area contributed by atoms with Crippen molar-refractivity contribution in [3.05, 3.63) is 209 Å². The molecule has 0 atom stereocenters. The van der Waals surface area contributed by atoms with Crippen molar-refractivity contribution in [3.8, 4) is 11.1 Å². The van der Waals surface area contributed by atoms with Gasteiger partial charge in [-0.1, -0.05) is 121 Å². The van der Waals surface area contributed by atoms with Crippen LogP contribution >= 0.6 is 0 Å². The molecule has 3 nitrogen and oxygen atoms in total. The Kier molecular flexibility index (Phi) is 7.43. The number of hydrogen-bond acceptors (Lipinski definition) is 3. The quantitative estimate of drug-likeness (QED) is 0.143. The molecule has 0 heterocycles. The Balaban J connectivity index is 1.12. The van der Waals surface area contributed by atoms with Gasteiger partial charge in [0.05, 0.1) is 11.1 Å². The van der Waals surface area contributed by atoms with Crippen LogP contribution < -0.4 is 10.6 Å². The fraction of sp³-hybridized carbons (Fsp3) is 0.0444. The number of hydrogen-bond donors (Lipinski definition) is 1. The van der Waals surface area contributed by atoms with Gasteiger partial charge >= 0.3 is 0 Å². The number of nitrogens with two attached hydrogens (primary N) is 1. The largest absolute Gasteiger partial charge is 0.399 e. The fourth-order valence-corrected chi connectivity index (χ4v) is 7.13. The molecule has 0 bridgehead atoms. The summed E-state index contributed by atoms with van der Waals surface area (Å²) in [6.07, 6.45) is 1.94. The maximum atomic E-state index is 6.16. The van der Waals surface area contributed by atoms with Crippen molar-refractivity contribution in [2.24, 2.45) is 4.99 Å². The summed E-state index contributed by atoms with van der Waals surface area (Å²) in [4.78, 5) is 7.16. The highest BCUT2D eigenvalue weighted by molar-refractivity contribution is 5.87. The normalized spacial score (nSPS) is 12.9. The molecule has 0 saturated heterocycles. The summed E-state index contributed by atoms with van der Waals surface area (Å²) in [5, 5.41) is 0. The van der Waals surface area contributed by atoms with Crippen molar-refractivity contribution in [2.75, 3.05) is 10.6 Å². The summed E-state index contributed by atoms with van der Waals surface area (Å²) in [6.45, 7) is 2.11. The van der Waals surface area contributed by atoms with E-state index in [2.05, 4.69) is 170 Å². The molecule has 1 aliphatic rings. The molecule has 0 amide bonds. The van der Waals surface area contributed by atoms with Crippen LogP contribution in [-0.2, 0) is 5.41 Å². The van der Waals surface area contributed by atoms with Crippen LogP contribution in [0.25, 0.3) is 11.1 Å². The third-order valence-corrected chi connectivity index (χ3v) is 9.42. The molecule has 0 saturated carbocycles. The Morgan fingerprint density at radius 1 is 0.500 bits per heavy atom. The molecule has 7 aromatic carbocycles. The average Bonchev–Trinajstić information content (AvgIpc) is 3.44. The Morgan fingerprint density at radius 3 is 1.56 bits per heavy atom. The van der Waals surface area contributed by atoms with Crippen LogP contribution in [-0.4, -0.2) is 6.21 Å². The van der Waals surface area contributed by atoms with Crippen LogP contribution in [0, 0.1) is 6.92 Å². The van der Waals surface area contributed by atoms with Crippen molar-refractivity contribution in [1.82, 2.24) is 0 Å². The zero-order valence-electron chi connectivity index (χ0n) is 26.8. The van der Waals surface area contributed by atoms with Crippen LogP contribution in [0.4, 0.5) is 28.4 Å². The Morgan fingerprint density at radius 2 is 0.979 bits per heavy atom. The average molecular weight is 618 g/mol. The highest BCUT2D eigenvalue weighted by Crippen LogP contribution is 2.56. The van der Waals surface area contributed by atoms with E-state index in [1.54, 1.807) is 0 Å². The molecular formula is C45H35N3. The number of nitrogens with zero attached hydrogens (tertiary/aromatic N) is 2. The molecule has 3 heteroatoms. The summed E-state index contributed by atoms with van der Waals surface area (Å²) in [7, 11) is 0. The minimum Gasteiger partial charge on any atom is -0.399 e. The topological polar surface area (TPSA) is 41.6 Å². The molecule has 0 aliphatic heterocycles. The summed E-state index contributed by atoms with van der Waals surface area (Å²) < 4.78 is 0. The smallest absolute Gasteiger partial charge is 0.0713 e. The summed E-state index contributed by atoms with van der Waals surface area (Å²) >= 11 is 0. The number of rotatable bonds is 7. The van der Waals surface area contributed by atoms with Gasteiger partial charge in [0.1, 0.15) is 0 Å². The maximum absolute atomic E-state index is 6.16. The number of benzene rings is 7. The molecular weight excluding hydrogens is 583 g/mol. The van der Waals surface area contributed by atoms with Crippen LogP contribution in [0.15, 0.2) is 181 Å². The van der Waals surface area contributed by atoms with E-state index in [-0.39, 0.29) is 0 Å². The summed E-state index contributed by atoms with van der Waals surface area (Å²) in [6, 6.07) is 62.2. The Labute approximate surface area is 282 Å². The number of para-hydroxylation sites is 1. The monoisotopic (exact) mass is 617 g/mol. The molecule has 0 radical (unpaired) electrons. The van der Waals surface area contributed by atoms with Crippen molar-refractivity contribution >= 4 is 34.7 Å². The first-order valence-corrected chi connectivity index (χ1v) is 16.3. The van der Waals surface area contributed by atoms with Crippen LogP contribution in [0.5, 0.6) is 0 Å². The van der Waals surface area contributed by atoms with E-state index < -0.39 is 5.41 Å². The number of aryl methyl sites for hydroxylation is 1. The second kappa shape index (κ2) is 12.2.